The third-order valence-electron chi connectivity index (χ3n) is 2.20. The Bertz CT molecular complexity index is 584. The SMILES string of the molecule is COc1ccc(C(=O)O)c(Sc2nnnn2C)c1. The van der Waals surface area contributed by atoms with Crippen LogP contribution < -0.4 is 4.74 Å². The van der Waals surface area contributed by atoms with Gasteiger partial charge in [0.25, 0.3) is 0 Å². The average molecular weight is 266 g/mol. The molecular formula is C10H10N4O3S. The molecule has 2 aromatic rings. The minimum absolute atomic E-state index is 0.184. The van der Waals surface area contributed by atoms with Crippen LogP contribution in [-0.2, 0) is 7.05 Å². The first-order valence-electron chi connectivity index (χ1n) is 4.93. The lowest BCUT2D eigenvalue weighted by Crippen LogP contribution is -2.00. The van der Waals surface area contributed by atoms with E-state index in [2.05, 4.69) is 15.5 Å². The summed E-state index contributed by atoms with van der Waals surface area (Å²) in [5, 5.41) is 20.6. The zero-order valence-corrected chi connectivity index (χ0v) is 10.5. The molecule has 2 rings (SSSR count). The van der Waals surface area contributed by atoms with Crippen LogP contribution in [0.15, 0.2) is 28.3 Å². The van der Waals surface area contributed by atoms with E-state index in [4.69, 9.17) is 9.84 Å². The second kappa shape index (κ2) is 5.05. The van der Waals surface area contributed by atoms with Crippen molar-refractivity contribution in [1.82, 2.24) is 20.2 Å². The van der Waals surface area contributed by atoms with Crippen molar-refractivity contribution in [2.45, 2.75) is 10.1 Å². The molecule has 0 spiro atoms. The lowest BCUT2D eigenvalue weighted by molar-refractivity contribution is 0.0693. The van der Waals surface area contributed by atoms with E-state index >= 15 is 0 Å². The van der Waals surface area contributed by atoms with Gasteiger partial charge >= 0.3 is 5.97 Å². The maximum atomic E-state index is 11.1. The molecule has 0 saturated carbocycles. The van der Waals surface area contributed by atoms with E-state index in [0.29, 0.717) is 15.8 Å². The first-order valence-corrected chi connectivity index (χ1v) is 5.75. The van der Waals surface area contributed by atoms with Crippen LogP contribution in [0.3, 0.4) is 0 Å². The summed E-state index contributed by atoms with van der Waals surface area (Å²) >= 11 is 1.17. The van der Waals surface area contributed by atoms with Gasteiger partial charge < -0.3 is 9.84 Å². The molecule has 1 aromatic heterocycles. The van der Waals surface area contributed by atoms with Gasteiger partial charge in [0, 0.05) is 11.9 Å². The Morgan fingerprint density at radius 2 is 2.28 bits per heavy atom. The molecule has 18 heavy (non-hydrogen) atoms. The van der Waals surface area contributed by atoms with Crippen molar-refractivity contribution < 1.29 is 14.6 Å². The van der Waals surface area contributed by atoms with Crippen molar-refractivity contribution in [3.05, 3.63) is 23.8 Å². The summed E-state index contributed by atoms with van der Waals surface area (Å²) in [6.45, 7) is 0. The van der Waals surface area contributed by atoms with Gasteiger partial charge in [-0.05, 0) is 40.4 Å². The number of carboxylic acid groups (broad SMARTS) is 1. The van der Waals surface area contributed by atoms with Crippen molar-refractivity contribution in [2.75, 3.05) is 7.11 Å². The third kappa shape index (κ3) is 2.43. The van der Waals surface area contributed by atoms with Crippen LogP contribution in [0.1, 0.15) is 10.4 Å². The minimum atomic E-state index is -1.00. The van der Waals surface area contributed by atoms with Crippen molar-refractivity contribution >= 4 is 17.7 Å². The fourth-order valence-electron chi connectivity index (χ4n) is 1.30. The minimum Gasteiger partial charge on any atom is -0.497 e. The first-order chi connectivity index (χ1) is 8.61. The molecule has 0 aliphatic heterocycles. The summed E-state index contributed by atoms with van der Waals surface area (Å²) in [7, 11) is 3.21. The quantitative estimate of drug-likeness (QED) is 0.885. The maximum absolute atomic E-state index is 11.1. The third-order valence-corrected chi connectivity index (χ3v) is 3.29. The molecule has 0 saturated heterocycles. The Morgan fingerprint density at radius 3 is 2.83 bits per heavy atom. The number of tetrazole rings is 1. The zero-order chi connectivity index (χ0) is 13.1. The number of carboxylic acids is 1. The van der Waals surface area contributed by atoms with E-state index in [0.717, 1.165) is 0 Å². The average Bonchev–Trinajstić information content (AvgIpc) is 2.74. The molecule has 1 aromatic carbocycles. The Labute approximate surface area is 107 Å². The van der Waals surface area contributed by atoms with Crippen LogP contribution in [0, 0.1) is 0 Å². The smallest absolute Gasteiger partial charge is 0.336 e. The summed E-state index contributed by atoms with van der Waals surface area (Å²) in [5.41, 5.74) is 0.184. The van der Waals surface area contributed by atoms with Crippen LogP contribution in [0.4, 0.5) is 0 Å². The molecule has 94 valence electrons. The van der Waals surface area contributed by atoms with E-state index in [-0.39, 0.29) is 5.56 Å². The van der Waals surface area contributed by atoms with Crippen LogP contribution in [-0.4, -0.2) is 38.4 Å². The fraction of sp³-hybridized carbons (Fsp3) is 0.200. The number of benzene rings is 1. The van der Waals surface area contributed by atoms with E-state index in [1.165, 1.54) is 29.6 Å². The number of nitrogens with zero attached hydrogens (tertiary/aromatic N) is 4. The molecule has 0 bridgehead atoms. The molecule has 0 aliphatic carbocycles. The van der Waals surface area contributed by atoms with Gasteiger partial charge in [-0.15, -0.1) is 5.10 Å². The Balaban J connectivity index is 2.41. The van der Waals surface area contributed by atoms with Crippen LogP contribution in [0.5, 0.6) is 5.75 Å². The summed E-state index contributed by atoms with van der Waals surface area (Å²) in [6, 6.07) is 4.73. The van der Waals surface area contributed by atoms with Crippen LogP contribution in [0.25, 0.3) is 0 Å². The molecule has 0 atom stereocenters. The van der Waals surface area contributed by atoms with Gasteiger partial charge in [-0.1, -0.05) is 0 Å². The molecule has 1 N–H and O–H groups in total. The maximum Gasteiger partial charge on any atom is 0.336 e. The Kier molecular flexibility index (Phi) is 3.47. The fourth-order valence-corrected chi connectivity index (χ4v) is 2.18. The lowest BCUT2D eigenvalue weighted by atomic mass is 10.2. The highest BCUT2D eigenvalue weighted by Gasteiger charge is 2.15. The van der Waals surface area contributed by atoms with Crippen molar-refractivity contribution in [1.29, 1.82) is 0 Å². The lowest BCUT2D eigenvalue weighted by Gasteiger charge is -2.07. The normalized spacial score (nSPS) is 10.3. The predicted molar refractivity (Wildman–Crippen MR) is 62.9 cm³/mol. The molecule has 0 aliphatic rings. The van der Waals surface area contributed by atoms with Gasteiger partial charge in [0.1, 0.15) is 5.75 Å². The van der Waals surface area contributed by atoms with E-state index < -0.39 is 5.97 Å². The molecule has 0 unspecified atom stereocenters. The topological polar surface area (TPSA) is 90.1 Å². The molecule has 0 radical (unpaired) electrons. The van der Waals surface area contributed by atoms with Crippen LogP contribution >= 0.6 is 11.8 Å². The number of aryl methyl sites for hydroxylation is 1. The number of aromatic nitrogens is 4. The number of ether oxygens (including phenoxy) is 1. The van der Waals surface area contributed by atoms with Gasteiger partial charge in [0.15, 0.2) is 0 Å². The summed E-state index contributed by atoms with van der Waals surface area (Å²) in [6.07, 6.45) is 0. The Hall–Kier alpha value is -2.09. The highest BCUT2D eigenvalue weighted by atomic mass is 32.2. The van der Waals surface area contributed by atoms with Gasteiger partial charge in [-0.2, -0.15) is 0 Å². The highest BCUT2D eigenvalue weighted by Crippen LogP contribution is 2.31. The number of hydrogen-bond donors (Lipinski definition) is 1. The molecule has 1 heterocycles. The van der Waals surface area contributed by atoms with Crippen LogP contribution in [0.2, 0.25) is 0 Å². The predicted octanol–water partition coefficient (Wildman–Crippen LogP) is 1.07. The molecule has 7 nitrogen and oxygen atoms in total. The largest absolute Gasteiger partial charge is 0.497 e. The highest BCUT2D eigenvalue weighted by molar-refractivity contribution is 7.99. The van der Waals surface area contributed by atoms with Gasteiger partial charge in [0.05, 0.1) is 12.7 Å². The monoisotopic (exact) mass is 266 g/mol. The molecule has 0 fully saturated rings. The molecule has 0 amide bonds. The van der Waals surface area contributed by atoms with Crippen molar-refractivity contribution in [2.24, 2.45) is 7.05 Å². The Morgan fingerprint density at radius 1 is 1.50 bits per heavy atom. The number of carbonyl (C=O) groups is 1. The summed E-state index contributed by atoms with van der Waals surface area (Å²) in [5.74, 6) is -0.423. The second-order valence-electron chi connectivity index (χ2n) is 3.35. The van der Waals surface area contributed by atoms with E-state index in [9.17, 15) is 4.79 Å². The number of rotatable bonds is 4. The standard InChI is InChI=1S/C10H10N4O3S/c1-14-10(11-12-13-14)18-8-5-6(17-2)3-4-7(8)9(15)16/h3-5H,1-2H3,(H,15,16). The number of aromatic carboxylic acids is 1. The van der Waals surface area contributed by atoms with Gasteiger partial charge in [-0.25, -0.2) is 9.48 Å². The van der Waals surface area contributed by atoms with E-state index in [1.54, 1.807) is 19.2 Å². The van der Waals surface area contributed by atoms with Gasteiger partial charge in [0.2, 0.25) is 5.16 Å². The number of methoxy groups -OCH3 is 1. The van der Waals surface area contributed by atoms with Crippen molar-refractivity contribution in [3.8, 4) is 5.75 Å². The molecule has 8 heteroatoms. The van der Waals surface area contributed by atoms with Crippen molar-refractivity contribution in [3.63, 3.8) is 0 Å². The van der Waals surface area contributed by atoms with Gasteiger partial charge in [-0.3, -0.25) is 0 Å². The number of hydrogen-bond acceptors (Lipinski definition) is 6. The second-order valence-corrected chi connectivity index (χ2v) is 4.36. The summed E-state index contributed by atoms with van der Waals surface area (Å²) < 4.78 is 6.54. The molecular weight excluding hydrogens is 256 g/mol. The first kappa shape index (κ1) is 12.4. The van der Waals surface area contributed by atoms with E-state index in [1.807, 2.05) is 0 Å². The summed E-state index contributed by atoms with van der Waals surface area (Å²) in [4.78, 5) is 11.6. The zero-order valence-electron chi connectivity index (χ0n) is 9.69.